The van der Waals surface area contributed by atoms with Crippen molar-refractivity contribution in [2.75, 3.05) is 26.3 Å². The molecule has 1 unspecified atom stereocenters. The second kappa shape index (κ2) is 7.30. The third-order valence-electron chi connectivity index (χ3n) is 6.37. The second-order valence-corrected chi connectivity index (χ2v) is 8.20. The van der Waals surface area contributed by atoms with E-state index in [0.29, 0.717) is 18.2 Å². The van der Waals surface area contributed by atoms with Gasteiger partial charge in [0.1, 0.15) is 5.82 Å². The van der Waals surface area contributed by atoms with Crippen LogP contribution >= 0.6 is 0 Å². The van der Waals surface area contributed by atoms with Crippen LogP contribution < -0.4 is 0 Å². The molecule has 1 aromatic carbocycles. The number of hydrogen-bond donors (Lipinski definition) is 0. The first-order valence-corrected chi connectivity index (χ1v) is 10.5. The van der Waals surface area contributed by atoms with Crippen molar-refractivity contribution >= 4 is 16.8 Å². The molecule has 1 amide bonds. The van der Waals surface area contributed by atoms with E-state index in [9.17, 15) is 4.79 Å². The van der Waals surface area contributed by atoms with Crippen molar-refractivity contribution in [3.63, 3.8) is 0 Å². The van der Waals surface area contributed by atoms with E-state index in [4.69, 9.17) is 9.72 Å². The molecule has 0 bridgehead atoms. The largest absolute Gasteiger partial charge is 0.381 e. The topological polar surface area (TPSA) is 65.2 Å². The minimum absolute atomic E-state index is 0.0229. The lowest BCUT2D eigenvalue weighted by molar-refractivity contribution is 0.0779. The number of aromatic nitrogens is 4. The van der Waals surface area contributed by atoms with E-state index < -0.39 is 0 Å². The van der Waals surface area contributed by atoms with Gasteiger partial charge in [-0.1, -0.05) is 18.2 Å². The molecule has 3 aromatic rings. The van der Waals surface area contributed by atoms with Crippen LogP contribution in [0.5, 0.6) is 0 Å². The Hall–Kier alpha value is -2.67. The number of amides is 1. The quantitative estimate of drug-likeness (QED) is 0.686. The number of hydrogen-bond acceptors (Lipinski definition) is 4. The molecule has 29 heavy (non-hydrogen) atoms. The minimum Gasteiger partial charge on any atom is -0.381 e. The fraction of sp³-hybridized carbons (Fsp3) is 0.500. The molecular formula is C22H27N5O2. The number of carbonyl (C=O) groups excluding carboxylic acids is 1. The lowest BCUT2D eigenvalue weighted by atomic mass is 9.99. The molecular weight excluding hydrogens is 366 g/mol. The van der Waals surface area contributed by atoms with E-state index in [1.807, 2.05) is 42.4 Å². The van der Waals surface area contributed by atoms with Crippen LogP contribution in [0.2, 0.25) is 0 Å². The Bertz CT molecular complexity index is 1050. The van der Waals surface area contributed by atoms with Crippen LogP contribution in [-0.2, 0) is 11.8 Å². The Balaban J connectivity index is 1.39. The summed E-state index contributed by atoms with van der Waals surface area (Å²) in [4.78, 5) is 20.0. The second-order valence-electron chi connectivity index (χ2n) is 8.20. The normalized spacial score (nSPS) is 20.6. The Morgan fingerprint density at radius 2 is 1.97 bits per heavy atom. The van der Waals surface area contributed by atoms with Gasteiger partial charge in [0.2, 0.25) is 0 Å². The standard InChI is InChI=1S/C22H27N5O2/c1-15-13-23-21(16-8-11-29-12-9-16)27(15)17-7-10-26(14-17)22(28)20-18-5-3-4-6-19(18)25(2)24-20/h3-6,13,16-17H,7-12,14H2,1-2H3. The first kappa shape index (κ1) is 18.4. The molecule has 4 heterocycles. The number of aryl methyl sites for hydroxylation is 2. The molecule has 1 atom stereocenters. The minimum atomic E-state index is 0.0229. The van der Waals surface area contributed by atoms with Crippen molar-refractivity contribution in [3.05, 3.63) is 47.7 Å². The SMILES string of the molecule is Cc1cnc(C2CCOCC2)n1C1CCN(C(=O)c2nn(C)c3ccccc23)C1. The van der Waals surface area contributed by atoms with Crippen molar-refractivity contribution in [1.82, 2.24) is 24.2 Å². The zero-order valence-electron chi connectivity index (χ0n) is 17.0. The van der Waals surface area contributed by atoms with Gasteiger partial charge in [-0.2, -0.15) is 5.10 Å². The number of para-hydroxylation sites is 1. The van der Waals surface area contributed by atoms with Crippen molar-refractivity contribution in [3.8, 4) is 0 Å². The molecule has 2 fully saturated rings. The number of carbonyl (C=O) groups is 1. The van der Waals surface area contributed by atoms with Gasteiger partial charge < -0.3 is 14.2 Å². The Labute approximate surface area is 170 Å². The number of fused-ring (bicyclic) bond motifs is 1. The van der Waals surface area contributed by atoms with Gasteiger partial charge in [-0.15, -0.1) is 0 Å². The summed E-state index contributed by atoms with van der Waals surface area (Å²) in [6.45, 7) is 5.18. The molecule has 2 saturated heterocycles. The highest BCUT2D eigenvalue weighted by molar-refractivity contribution is 6.04. The van der Waals surface area contributed by atoms with Crippen LogP contribution in [0.15, 0.2) is 30.5 Å². The summed E-state index contributed by atoms with van der Waals surface area (Å²) in [5, 5.41) is 5.44. The van der Waals surface area contributed by atoms with Crippen molar-refractivity contribution in [2.24, 2.45) is 7.05 Å². The third kappa shape index (κ3) is 3.13. The lowest BCUT2D eigenvalue weighted by Crippen LogP contribution is -2.30. The zero-order valence-corrected chi connectivity index (χ0v) is 17.0. The Morgan fingerprint density at radius 3 is 2.79 bits per heavy atom. The highest BCUT2D eigenvalue weighted by Crippen LogP contribution is 2.33. The zero-order chi connectivity index (χ0) is 20.0. The van der Waals surface area contributed by atoms with Crippen molar-refractivity contribution in [2.45, 2.75) is 38.1 Å². The molecule has 7 heteroatoms. The van der Waals surface area contributed by atoms with Crippen LogP contribution in [0, 0.1) is 6.92 Å². The maximum absolute atomic E-state index is 13.3. The molecule has 152 valence electrons. The van der Waals surface area contributed by atoms with Gasteiger partial charge >= 0.3 is 0 Å². The molecule has 2 aromatic heterocycles. The predicted molar refractivity (Wildman–Crippen MR) is 110 cm³/mol. The van der Waals surface area contributed by atoms with E-state index in [1.165, 1.54) is 5.69 Å². The summed E-state index contributed by atoms with van der Waals surface area (Å²) in [6.07, 6.45) is 4.96. The summed E-state index contributed by atoms with van der Waals surface area (Å²) in [6, 6.07) is 8.19. The van der Waals surface area contributed by atoms with E-state index in [-0.39, 0.29) is 11.9 Å². The summed E-state index contributed by atoms with van der Waals surface area (Å²) in [7, 11) is 1.89. The molecule has 2 aliphatic rings. The first-order valence-electron chi connectivity index (χ1n) is 10.5. The van der Waals surface area contributed by atoms with Crippen LogP contribution in [-0.4, -0.2) is 56.4 Å². The fourth-order valence-electron chi connectivity index (χ4n) is 4.86. The van der Waals surface area contributed by atoms with Crippen LogP contribution in [0.25, 0.3) is 10.9 Å². The monoisotopic (exact) mass is 393 g/mol. The van der Waals surface area contributed by atoms with E-state index in [2.05, 4.69) is 16.6 Å². The summed E-state index contributed by atoms with van der Waals surface area (Å²) in [5.74, 6) is 1.63. The molecule has 0 saturated carbocycles. The molecule has 7 nitrogen and oxygen atoms in total. The van der Waals surface area contributed by atoms with Gasteiger partial charge in [0, 0.05) is 56.5 Å². The fourth-order valence-corrected chi connectivity index (χ4v) is 4.86. The molecule has 0 N–H and O–H groups in total. The average Bonchev–Trinajstić information content (AvgIpc) is 3.46. The number of ether oxygens (including phenoxy) is 1. The van der Waals surface area contributed by atoms with Crippen LogP contribution in [0.1, 0.15) is 53.2 Å². The third-order valence-corrected chi connectivity index (χ3v) is 6.37. The maximum Gasteiger partial charge on any atom is 0.275 e. The average molecular weight is 393 g/mol. The van der Waals surface area contributed by atoms with Gasteiger partial charge in [0.25, 0.3) is 5.91 Å². The number of benzene rings is 1. The summed E-state index contributed by atoms with van der Waals surface area (Å²) >= 11 is 0. The summed E-state index contributed by atoms with van der Waals surface area (Å²) < 4.78 is 9.69. The van der Waals surface area contributed by atoms with Crippen LogP contribution in [0.3, 0.4) is 0 Å². The highest BCUT2D eigenvalue weighted by Gasteiger charge is 2.33. The van der Waals surface area contributed by atoms with Crippen molar-refractivity contribution < 1.29 is 9.53 Å². The van der Waals surface area contributed by atoms with Gasteiger partial charge in [-0.05, 0) is 32.3 Å². The molecule has 0 spiro atoms. The Kier molecular flexibility index (Phi) is 4.62. The van der Waals surface area contributed by atoms with E-state index in [0.717, 1.165) is 55.7 Å². The predicted octanol–water partition coefficient (Wildman–Crippen LogP) is 3.06. The first-order chi connectivity index (χ1) is 14.1. The van der Waals surface area contributed by atoms with Gasteiger partial charge in [0.15, 0.2) is 5.69 Å². The number of nitrogens with zero attached hydrogens (tertiary/aromatic N) is 5. The van der Waals surface area contributed by atoms with Gasteiger partial charge in [-0.25, -0.2) is 4.98 Å². The smallest absolute Gasteiger partial charge is 0.275 e. The van der Waals surface area contributed by atoms with Crippen LogP contribution in [0.4, 0.5) is 0 Å². The van der Waals surface area contributed by atoms with E-state index in [1.54, 1.807) is 4.68 Å². The molecule has 2 aliphatic heterocycles. The number of imidazole rings is 1. The Morgan fingerprint density at radius 1 is 1.17 bits per heavy atom. The highest BCUT2D eigenvalue weighted by atomic mass is 16.5. The van der Waals surface area contributed by atoms with Gasteiger partial charge in [-0.3, -0.25) is 9.48 Å². The summed E-state index contributed by atoms with van der Waals surface area (Å²) in [5.41, 5.74) is 2.71. The molecule has 0 radical (unpaired) electrons. The molecule has 0 aliphatic carbocycles. The number of rotatable bonds is 3. The lowest BCUT2D eigenvalue weighted by Gasteiger charge is -2.26. The van der Waals surface area contributed by atoms with Crippen molar-refractivity contribution in [1.29, 1.82) is 0 Å². The maximum atomic E-state index is 13.3. The van der Waals surface area contributed by atoms with E-state index >= 15 is 0 Å². The van der Waals surface area contributed by atoms with Gasteiger partial charge in [0.05, 0.1) is 11.6 Å². The molecule has 5 rings (SSSR count). The number of likely N-dealkylation sites (tertiary alicyclic amines) is 1.